The van der Waals surface area contributed by atoms with Gasteiger partial charge in [0.2, 0.25) is 0 Å². The van der Waals surface area contributed by atoms with Gasteiger partial charge in [-0.15, -0.1) is 0 Å². The summed E-state index contributed by atoms with van der Waals surface area (Å²) in [6, 6.07) is 7.41. The van der Waals surface area contributed by atoms with Gasteiger partial charge in [-0.2, -0.15) is 0 Å². The number of hydrogen-bond donors (Lipinski definition) is 3. The van der Waals surface area contributed by atoms with Crippen LogP contribution >= 0.6 is 22.9 Å². The zero-order chi connectivity index (χ0) is 28.5. The van der Waals surface area contributed by atoms with Crippen molar-refractivity contribution >= 4 is 57.3 Å². The molecule has 1 fully saturated rings. The molecular weight excluding hydrogens is 550 g/mol. The quantitative estimate of drug-likeness (QED) is 0.215. The van der Waals surface area contributed by atoms with Gasteiger partial charge in [0.1, 0.15) is 22.3 Å². The number of carbonyl (C=O) groups excluding carboxylic acids is 1. The maximum absolute atomic E-state index is 12.8. The van der Waals surface area contributed by atoms with Crippen LogP contribution in [-0.4, -0.2) is 69.6 Å². The monoisotopic (exact) mass is 585 g/mol. The number of nitrogens with zero attached hydrogens (tertiary/aromatic N) is 5. The largest absolute Gasteiger partial charge is 0.481 e. The molecule has 3 heterocycles. The lowest BCUT2D eigenvalue weighted by Gasteiger charge is -2.35. The van der Waals surface area contributed by atoms with Crippen LogP contribution in [0.5, 0.6) is 0 Å². The number of carboxylic acids is 1. The van der Waals surface area contributed by atoms with Crippen LogP contribution in [0.1, 0.15) is 59.6 Å². The summed E-state index contributed by atoms with van der Waals surface area (Å²) in [7, 11) is 0. The number of unbranched alkanes of at least 4 members (excludes halogenated alkanes) is 4. The normalized spacial score (nSPS) is 13.8. The summed E-state index contributed by atoms with van der Waals surface area (Å²) in [5, 5.41) is 15.9. The Balaban J connectivity index is 1.26. The number of piperazine rings is 1. The highest BCUT2D eigenvalue weighted by molar-refractivity contribution is 7.17. The minimum absolute atomic E-state index is 0.266. The van der Waals surface area contributed by atoms with Crippen molar-refractivity contribution in [3.63, 3.8) is 0 Å². The number of hydrogen-bond acceptors (Lipinski definition) is 9. The standard InChI is InChI=1S/C28H36ClN7O3S/c1-19-9-8-10-21(29)26(19)34-27(39)22-18-30-28(40-22)33-23-17-24(32-20(2)31-23)36-15-13-35(14-16-36)12-7-5-3-4-6-11-25(37)38/h8-10,17-18H,3-7,11-16H2,1-2H3,(H,34,39)(H,37,38)(H,30,31,32,33). The van der Waals surface area contributed by atoms with E-state index in [-0.39, 0.29) is 12.3 Å². The second kappa shape index (κ2) is 14.4. The third kappa shape index (κ3) is 8.61. The summed E-state index contributed by atoms with van der Waals surface area (Å²) in [6.45, 7) is 8.55. The fourth-order valence-corrected chi connectivity index (χ4v) is 5.62. The Kier molecular flexibility index (Phi) is 10.7. The van der Waals surface area contributed by atoms with Crippen molar-refractivity contribution in [2.24, 2.45) is 0 Å². The molecule has 0 bridgehead atoms. The maximum atomic E-state index is 12.8. The average molecular weight is 586 g/mol. The number of thiazole rings is 1. The smallest absolute Gasteiger partial charge is 0.303 e. The fourth-order valence-electron chi connectivity index (χ4n) is 4.63. The molecule has 2 aromatic heterocycles. The van der Waals surface area contributed by atoms with Crippen LogP contribution < -0.4 is 15.5 Å². The number of nitrogens with one attached hydrogen (secondary N) is 2. The third-order valence-electron chi connectivity index (χ3n) is 6.81. The van der Waals surface area contributed by atoms with Gasteiger partial charge < -0.3 is 20.6 Å². The second-order valence-electron chi connectivity index (χ2n) is 9.94. The van der Waals surface area contributed by atoms with Crippen LogP contribution in [0.3, 0.4) is 0 Å². The van der Waals surface area contributed by atoms with Gasteiger partial charge in [-0.3, -0.25) is 14.5 Å². The van der Waals surface area contributed by atoms with E-state index in [1.54, 1.807) is 12.3 Å². The summed E-state index contributed by atoms with van der Waals surface area (Å²) >= 11 is 7.50. The van der Waals surface area contributed by atoms with Crippen LogP contribution in [0.25, 0.3) is 0 Å². The molecule has 40 heavy (non-hydrogen) atoms. The molecule has 10 nitrogen and oxygen atoms in total. The predicted octanol–water partition coefficient (Wildman–Crippen LogP) is 5.75. The number of para-hydroxylation sites is 1. The lowest BCUT2D eigenvalue weighted by atomic mass is 10.1. The van der Waals surface area contributed by atoms with E-state index in [0.29, 0.717) is 32.4 Å². The highest BCUT2D eigenvalue weighted by Crippen LogP contribution is 2.28. The van der Waals surface area contributed by atoms with Gasteiger partial charge in [-0.1, -0.05) is 54.3 Å². The van der Waals surface area contributed by atoms with Gasteiger partial charge in [0.25, 0.3) is 5.91 Å². The van der Waals surface area contributed by atoms with Crippen molar-refractivity contribution in [2.45, 2.75) is 52.4 Å². The van der Waals surface area contributed by atoms with Gasteiger partial charge in [-0.25, -0.2) is 15.0 Å². The molecule has 4 rings (SSSR count). The molecule has 1 amide bonds. The van der Waals surface area contributed by atoms with Crippen LogP contribution in [0.15, 0.2) is 30.5 Å². The molecule has 1 saturated heterocycles. The van der Waals surface area contributed by atoms with Crippen molar-refractivity contribution < 1.29 is 14.7 Å². The molecular formula is C28H36ClN7O3S. The molecule has 12 heteroatoms. The maximum Gasteiger partial charge on any atom is 0.303 e. The summed E-state index contributed by atoms with van der Waals surface area (Å²) in [5.74, 6) is 1.20. The molecule has 0 radical (unpaired) electrons. The van der Waals surface area contributed by atoms with Crippen LogP contribution in [0.4, 0.5) is 22.5 Å². The van der Waals surface area contributed by atoms with Crippen molar-refractivity contribution in [1.29, 1.82) is 0 Å². The Morgan fingerprint density at radius 1 is 1.05 bits per heavy atom. The van der Waals surface area contributed by atoms with Crippen molar-refractivity contribution in [2.75, 3.05) is 48.3 Å². The van der Waals surface area contributed by atoms with E-state index < -0.39 is 5.97 Å². The average Bonchev–Trinajstić information content (AvgIpc) is 3.38. The molecule has 0 atom stereocenters. The first-order valence-electron chi connectivity index (χ1n) is 13.6. The minimum atomic E-state index is -0.707. The Morgan fingerprint density at radius 2 is 1.80 bits per heavy atom. The SMILES string of the molecule is Cc1nc(Nc2ncc(C(=O)Nc3c(C)cccc3Cl)s2)cc(N2CCN(CCCCCCCC(=O)O)CC2)n1. The Morgan fingerprint density at radius 3 is 2.55 bits per heavy atom. The van der Waals surface area contributed by atoms with Gasteiger partial charge in [0.15, 0.2) is 5.13 Å². The van der Waals surface area contributed by atoms with E-state index in [2.05, 4.69) is 35.4 Å². The Hall–Kier alpha value is -3.28. The first kappa shape index (κ1) is 29.7. The minimum Gasteiger partial charge on any atom is -0.481 e. The zero-order valence-electron chi connectivity index (χ0n) is 23.0. The number of benzene rings is 1. The van der Waals surface area contributed by atoms with Gasteiger partial charge in [0.05, 0.1) is 16.9 Å². The van der Waals surface area contributed by atoms with E-state index in [9.17, 15) is 9.59 Å². The van der Waals surface area contributed by atoms with E-state index >= 15 is 0 Å². The second-order valence-corrected chi connectivity index (χ2v) is 11.4. The summed E-state index contributed by atoms with van der Waals surface area (Å²) in [4.78, 5) is 42.1. The highest BCUT2D eigenvalue weighted by Gasteiger charge is 2.19. The van der Waals surface area contributed by atoms with Gasteiger partial charge in [0, 0.05) is 38.7 Å². The first-order chi connectivity index (χ1) is 19.3. The molecule has 3 aromatic rings. The zero-order valence-corrected chi connectivity index (χ0v) is 24.5. The molecule has 214 valence electrons. The molecule has 0 unspecified atom stereocenters. The van der Waals surface area contributed by atoms with Crippen molar-refractivity contribution in [3.05, 3.63) is 51.7 Å². The number of aliphatic carboxylic acids is 1. The number of aryl methyl sites for hydroxylation is 2. The lowest BCUT2D eigenvalue weighted by molar-refractivity contribution is -0.137. The number of carbonyl (C=O) groups is 2. The molecule has 1 aliphatic heterocycles. The number of carboxylic acid groups (broad SMARTS) is 1. The summed E-state index contributed by atoms with van der Waals surface area (Å²) < 4.78 is 0. The van der Waals surface area contributed by atoms with Gasteiger partial charge in [-0.05, 0) is 44.9 Å². The number of anilines is 4. The molecule has 3 N–H and O–H groups in total. The predicted molar refractivity (Wildman–Crippen MR) is 160 cm³/mol. The Bertz CT molecular complexity index is 1290. The summed E-state index contributed by atoms with van der Waals surface area (Å²) in [5.41, 5.74) is 1.49. The van der Waals surface area contributed by atoms with E-state index in [0.717, 1.165) is 76.2 Å². The summed E-state index contributed by atoms with van der Waals surface area (Å²) in [6.07, 6.45) is 6.94. The van der Waals surface area contributed by atoms with Crippen LogP contribution in [-0.2, 0) is 4.79 Å². The van der Waals surface area contributed by atoms with Crippen molar-refractivity contribution in [3.8, 4) is 0 Å². The fraction of sp³-hybridized carbons (Fsp3) is 0.464. The van der Waals surface area contributed by atoms with E-state index in [4.69, 9.17) is 16.7 Å². The topological polar surface area (TPSA) is 124 Å². The molecule has 1 aliphatic rings. The Labute approximate surface area is 243 Å². The van der Waals surface area contributed by atoms with Crippen LogP contribution in [0, 0.1) is 13.8 Å². The van der Waals surface area contributed by atoms with Crippen LogP contribution in [0.2, 0.25) is 5.02 Å². The highest BCUT2D eigenvalue weighted by atomic mass is 35.5. The number of aromatic nitrogens is 3. The molecule has 0 aliphatic carbocycles. The number of halogens is 1. The van der Waals surface area contributed by atoms with Crippen molar-refractivity contribution in [1.82, 2.24) is 19.9 Å². The molecule has 1 aromatic carbocycles. The number of rotatable bonds is 13. The van der Waals surface area contributed by atoms with Gasteiger partial charge >= 0.3 is 5.97 Å². The molecule has 0 saturated carbocycles. The van der Waals surface area contributed by atoms with E-state index in [1.807, 2.05) is 32.0 Å². The molecule has 0 spiro atoms. The third-order valence-corrected chi connectivity index (χ3v) is 8.04. The van der Waals surface area contributed by atoms with E-state index in [1.165, 1.54) is 11.3 Å². The number of amides is 1. The first-order valence-corrected chi connectivity index (χ1v) is 14.8. The lowest BCUT2D eigenvalue weighted by Crippen LogP contribution is -2.47.